The number of ether oxygens (including phenoxy) is 4. The van der Waals surface area contributed by atoms with Gasteiger partial charge in [-0.3, -0.25) is 0 Å². The highest BCUT2D eigenvalue weighted by Crippen LogP contribution is 2.30. The van der Waals surface area contributed by atoms with Crippen LogP contribution in [0.1, 0.15) is 187 Å². The summed E-state index contributed by atoms with van der Waals surface area (Å²) in [4.78, 5) is 13.5. The summed E-state index contributed by atoms with van der Waals surface area (Å²) in [6.07, 6.45) is 13.0. The molecule has 11 atom stereocenters. The van der Waals surface area contributed by atoms with Gasteiger partial charge in [0, 0.05) is 0 Å². The van der Waals surface area contributed by atoms with Gasteiger partial charge < -0.3 is 59.8 Å². The second kappa shape index (κ2) is 30.1. The van der Waals surface area contributed by atoms with Crippen molar-refractivity contribution >= 4 is 5.97 Å². The fourth-order valence-corrected chi connectivity index (χ4v) is 7.79. The van der Waals surface area contributed by atoms with E-state index in [9.17, 15) is 45.6 Å². The van der Waals surface area contributed by atoms with Crippen molar-refractivity contribution < 1.29 is 64.6 Å². The van der Waals surface area contributed by atoms with E-state index in [0.717, 1.165) is 38.5 Å². The van der Waals surface area contributed by atoms with Crippen LogP contribution in [-0.2, 0) is 23.7 Å². The number of carbonyl (C=O) groups excluding carboxylic acids is 1. The van der Waals surface area contributed by atoms with Crippen LogP contribution in [0.3, 0.4) is 0 Å². The summed E-state index contributed by atoms with van der Waals surface area (Å²) in [6.45, 7) is 3.18. The zero-order chi connectivity index (χ0) is 41.2. The van der Waals surface area contributed by atoms with Gasteiger partial charge >= 0.3 is 5.97 Å². The van der Waals surface area contributed by atoms with Gasteiger partial charge in [0.05, 0.1) is 6.61 Å². The highest BCUT2D eigenvalue weighted by Gasteiger charge is 2.50. The average molecular weight is 807 g/mol. The molecule has 13 heteroatoms. The molecular weight excluding hydrogens is 724 g/mol. The molecule has 0 radical (unpaired) electrons. The third kappa shape index (κ3) is 19.0. The Morgan fingerprint density at radius 2 is 0.804 bits per heavy atom. The Kier molecular flexibility index (Phi) is 27.5. The lowest BCUT2D eigenvalue weighted by Crippen LogP contribution is -2.64. The maximum Gasteiger partial charge on any atom is 0.338 e. The fraction of sp³-hybridized carbons (Fsp3) is 0.977. The maximum atomic E-state index is 13.5. The van der Waals surface area contributed by atoms with Crippen LogP contribution in [0.5, 0.6) is 0 Å². The van der Waals surface area contributed by atoms with E-state index in [4.69, 9.17) is 18.9 Å². The molecule has 2 aliphatic heterocycles. The molecule has 0 aromatic rings. The number of aliphatic hydroxyl groups excluding tert-OH is 7. The molecule has 332 valence electrons. The number of hydrogen-bond donors (Lipinski definition) is 8. The molecule has 2 heterocycles. The van der Waals surface area contributed by atoms with Crippen LogP contribution < -0.4 is 0 Å². The van der Waals surface area contributed by atoms with Gasteiger partial charge in [0.25, 0.3) is 0 Å². The van der Waals surface area contributed by atoms with Crippen LogP contribution in [0.25, 0.3) is 0 Å². The summed E-state index contributed by atoms with van der Waals surface area (Å²) in [5, 5.41) is 83.6. The Bertz CT molecular complexity index is 972. The van der Waals surface area contributed by atoms with Crippen LogP contribution in [0.4, 0.5) is 0 Å². The van der Waals surface area contributed by atoms with Gasteiger partial charge in [0.15, 0.2) is 18.2 Å². The normalized spacial score (nSPS) is 29.3. The minimum Gasteiger partial charge on any atom is -0.461 e. The van der Waals surface area contributed by atoms with Crippen LogP contribution in [0.15, 0.2) is 0 Å². The Labute approximate surface area is 337 Å². The SMILES string of the molecule is CCCCCCCCCCCCCCCC(O)(CCCCCCCCCCCCCC)C(=O)OC[C@H]1O[C@H](O[C@H]2O[C@H](CO)[C@@H](O)[C@H](O)[C@H]2O)[C@H](O)[C@@H](O)[C@@H]1O. The fourth-order valence-electron chi connectivity index (χ4n) is 7.79. The molecule has 0 bridgehead atoms. The van der Waals surface area contributed by atoms with Crippen LogP contribution in [-0.4, -0.2) is 127 Å². The van der Waals surface area contributed by atoms with Crippen LogP contribution in [0.2, 0.25) is 0 Å². The van der Waals surface area contributed by atoms with Gasteiger partial charge in [-0.05, 0) is 25.7 Å². The minimum absolute atomic E-state index is 0.236. The standard InChI is InChI=1S/C43H82O13/c1-3-5-7-9-11-13-15-17-19-21-23-25-27-29-43(52,28-26-24-22-20-18-16-14-12-10-8-6-4-2)42(51)53-31-33-35(46)37(48)39(50)41(55-33)56-40-38(49)36(47)34(45)32(30-44)54-40/h32-41,44-50,52H,3-31H2,1-2H3/t32-,33-,34-,35-,36+,37+,38-,39-,40-,41-,43?/m1/s1. The van der Waals surface area contributed by atoms with Crippen molar-refractivity contribution in [1.29, 1.82) is 0 Å². The molecule has 1 unspecified atom stereocenters. The lowest BCUT2D eigenvalue weighted by molar-refractivity contribution is -0.376. The second-order valence-electron chi connectivity index (χ2n) is 16.6. The minimum atomic E-state index is -1.83. The first-order valence-electron chi connectivity index (χ1n) is 22.6. The zero-order valence-electron chi connectivity index (χ0n) is 34.9. The summed E-state index contributed by atoms with van der Waals surface area (Å²) in [5.41, 5.74) is -1.74. The number of carbonyl (C=O) groups is 1. The highest BCUT2D eigenvalue weighted by atomic mass is 16.8. The van der Waals surface area contributed by atoms with E-state index in [1.54, 1.807) is 0 Å². The summed E-state index contributed by atoms with van der Waals surface area (Å²) in [5.74, 6) is -0.845. The summed E-state index contributed by atoms with van der Waals surface area (Å²) >= 11 is 0. The van der Waals surface area contributed by atoms with Gasteiger partial charge in [0.1, 0.15) is 55.4 Å². The van der Waals surface area contributed by atoms with Gasteiger partial charge in [0.2, 0.25) is 0 Å². The van der Waals surface area contributed by atoms with Crippen LogP contribution >= 0.6 is 0 Å². The van der Waals surface area contributed by atoms with Crippen molar-refractivity contribution in [3.63, 3.8) is 0 Å². The number of rotatable bonds is 33. The van der Waals surface area contributed by atoms with Crippen molar-refractivity contribution in [3.8, 4) is 0 Å². The first-order chi connectivity index (χ1) is 27.0. The van der Waals surface area contributed by atoms with Gasteiger partial charge in [-0.1, -0.05) is 162 Å². The van der Waals surface area contributed by atoms with Crippen LogP contribution in [0, 0.1) is 0 Å². The molecule has 0 aliphatic carbocycles. The first kappa shape index (κ1) is 51.2. The van der Waals surface area contributed by atoms with Gasteiger partial charge in [-0.2, -0.15) is 0 Å². The average Bonchev–Trinajstić information content (AvgIpc) is 3.19. The lowest BCUT2D eigenvalue weighted by atomic mass is 9.89. The first-order valence-corrected chi connectivity index (χ1v) is 22.6. The summed E-state index contributed by atoms with van der Waals surface area (Å²) in [6, 6.07) is 0. The monoisotopic (exact) mass is 807 g/mol. The summed E-state index contributed by atoms with van der Waals surface area (Å²) < 4.78 is 22.0. The molecule has 0 aromatic heterocycles. The quantitative estimate of drug-likeness (QED) is 0.0306. The van der Waals surface area contributed by atoms with Crippen molar-refractivity contribution in [2.75, 3.05) is 13.2 Å². The predicted octanol–water partition coefficient (Wildman–Crippen LogP) is 5.46. The van der Waals surface area contributed by atoms with E-state index in [1.807, 2.05) is 0 Å². The number of hydrogen-bond acceptors (Lipinski definition) is 13. The molecule has 8 N–H and O–H groups in total. The van der Waals surface area contributed by atoms with E-state index in [-0.39, 0.29) is 12.8 Å². The lowest BCUT2D eigenvalue weighted by Gasteiger charge is -2.44. The van der Waals surface area contributed by atoms with E-state index < -0.39 is 86.2 Å². The topological polar surface area (TPSA) is 216 Å². The summed E-state index contributed by atoms with van der Waals surface area (Å²) in [7, 11) is 0. The molecule has 2 rings (SSSR count). The molecular formula is C43H82O13. The van der Waals surface area contributed by atoms with Crippen molar-refractivity contribution in [2.45, 2.75) is 254 Å². The maximum absolute atomic E-state index is 13.5. The molecule has 2 fully saturated rings. The molecule has 13 nitrogen and oxygen atoms in total. The molecule has 0 aromatic carbocycles. The molecule has 2 saturated heterocycles. The van der Waals surface area contributed by atoms with E-state index in [2.05, 4.69) is 13.8 Å². The van der Waals surface area contributed by atoms with E-state index in [0.29, 0.717) is 12.8 Å². The molecule has 0 saturated carbocycles. The van der Waals surface area contributed by atoms with E-state index >= 15 is 0 Å². The zero-order valence-corrected chi connectivity index (χ0v) is 34.9. The molecule has 56 heavy (non-hydrogen) atoms. The third-order valence-corrected chi connectivity index (χ3v) is 11.7. The molecule has 0 spiro atoms. The third-order valence-electron chi connectivity index (χ3n) is 11.7. The number of unbranched alkanes of at least 4 members (excludes halogenated alkanes) is 23. The van der Waals surface area contributed by atoms with Crippen molar-refractivity contribution in [3.05, 3.63) is 0 Å². The smallest absolute Gasteiger partial charge is 0.338 e. The number of esters is 1. The second-order valence-corrected chi connectivity index (χ2v) is 16.6. The Morgan fingerprint density at radius 1 is 0.482 bits per heavy atom. The Morgan fingerprint density at radius 3 is 1.16 bits per heavy atom. The molecule has 2 aliphatic rings. The predicted molar refractivity (Wildman–Crippen MR) is 213 cm³/mol. The van der Waals surface area contributed by atoms with Crippen molar-refractivity contribution in [2.24, 2.45) is 0 Å². The van der Waals surface area contributed by atoms with Gasteiger partial charge in [-0.15, -0.1) is 0 Å². The van der Waals surface area contributed by atoms with E-state index in [1.165, 1.54) is 109 Å². The highest BCUT2D eigenvalue weighted by molar-refractivity contribution is 5.79. The number of aliphatic hydroxyl groups is 8. The Balaban J connectivity index is 1.88. The Hall–Kier alpha value is -0.970. The molecule has 0 amide bonds. The largest absolute Gasteiger partial charge is 0.461 e. The van der Waals surface area contributed by atoms with Gasteiger partial charge in [-0.25, -0.2) is 4.79 Å². The van der Waals surface area contributed by atoms with Crippen molar-refractivity contribution in [1.82, 2.24) is 0 Å².